The standard InChI is InChI=1S/C11H21N3/c1-4-6-12-7-5-11-8-13-9-14(11)10(2)3/h8-10,12H,4-7H2,1-3H3. The minimum Gasteiger partial charge on any atom is -0.332 e. The summed E-state index contributed by atoms with van der Waals surface area (Å²) in [5, 5.41) is 3.40. The van der Waals surface area contributed by atoms with Crippen molar-refractivity contribution in [3.05, 3.63) is 18.2 Å². The maximum absolute atomic E-state index is 4.18. The Labute approximate surface area is 86.5 Å². The molecule has 0 aromatic carbocycles. The second kappa shape index (κ2) is 5.81. The molecule has 0 aliphatic carbocycles. The minimum atomic E-state index is 0.513. The zero-order valence-electron chi connectivity index (χ0n) is 9.45. The smallest absolute Gasteiger partial charge is 0.0950 e. The van der Waals surface area contributed by atoms with E-state index in [0.29, 0.717) is 6.04 Å². The van der Waals surface area contributed by atoms with Crippen LogP contribution in [0, 0.1) is 0 Å². The molecule has 14 heavy (non-hydrogen) atoms. The normalized spacial score (nSPS) is 11.1. The molecule has 0 aliphatic rings. The van der Waals surface area contributed by atoms with Gasteiger partial charge < -0.3 is 9.88 Å². The van der Waals surface area contributed by atoms with Gasteiger partial charge >= 0.3 is 0 Å². The van der Waals surface area contributed by atoms with Crippen LogP contribution >= 0.6 is 0 Å². The Hall–Kier alpha value is -0.830. The molecule has 0 radical (unpaired) electrons. The molecule has 1 rings (SSSR count). The van der Waals surface area contributed by atoms with E-state index in [1.807, 2.05) is 12.5 Å². The fourth-order valence-corrected chi connectivity index (χ4v) is 1.51. The van der Waals surface area contributed by atoms with Gasteiger partial charge in [0.1, 0.15) is 0 Å². The van der Waals surface area contributed by atoms with E-state index in [4.69, 9.17) is 0 Å². The molecule has 0 saturated carbocycles. The predicted molar refractivity (Wildman–Crippen MR) is 59.5 cm³/mol. The molecule has 0 bridgehead atoms. The Balaban J connectivity index is 2.38. The Bertz CT molecular complexity index is 253. The number of imidazole rings is 1. The van der Waals surface area contributed by atoms with Crippen molar-refractivity contribution in [1.82, 2.24) is 14.9 Å². The van der Waals surface area contributed by atoms with Gasteiger partial charge in [-0.15, -0.1) is 0 Å². The van der Waals surface area contributed by atoms with Crippen molar-refractivity contribution >= 4 is 0 Å². The molecule has 1 aromatic rings. The Kier molecular flexibility index (Phi) is 4.66. The molecule has 3 nitrogen and oxygen atoms in total. The van der Waals surface area contributed by atoms with Gasteiger partial charge in [-0.2, -0.15) is 0 Å². The summed E-state index contributed by atoms with van der Waals surface area (Å²) in [4.78, 5) is 4.18. The lowest BCUT2D eigenvalue weighted by atomic mass is 10.3. The fourth-order valence-electron chi connectivity index (χ4n) is 1.51. The first-order valence-corrected chi connectivity index (χ1v) is 5.47. The van der Waals surface area contributed by atoms with Crippen LogP contribution < -0.4 is 5.32 Å². The first-order chi connectivity index (χ1) is 6.75. The largest absolute Gasteiger partial charge is 0.332 e. The van der Waals surface area contributed by atoms with E-state index in [1.165, 1.54) is 12.1 Å². The van der Waals surface area contributed by atoms with Crippen LogP contribution in [0.5, 0.6) is 0 Å². The third-order valence-electron chi connectivity index (χ3n) is 2.29. The van der Waals surface area contributed by atoms with Crippen molar-refractivity contribution in [2.45, 2.75) is 39.7 Å². The fraction of sp³-hybridized carbons (Fsp3) is 0.727. The van der Waals surface area contributed by atoms with Gasteiger partial charge in [0.25, 0.3) is 0 Å². The highest BCUT2D eigenvalue weighted by molar-refractivity contribution is 5.00. The number of hydrogen-bond donors (Lipinski definition) is 1. The van der Waals surface area contributed by atoms with E-state index in [-0.39, 0.29) is 0 Å². The molecule has 1 N–H and O–H groups in total. The summed E-state index contributed by atoms with van der Waals surface area (Å²) >= 11 is 0. The van der Waals surface area contributed by atoms with Crippen LogP contribution in [0.4, 0.5) is 0 Å². The lowest BCUT2D eigenvalue weighted by molar-refractivity contribution is 0.561. The summed E-state index contributed by atoms with van der Waals surface area (Å²) in [5.74, 6) is 0. The zero-order chi connectivity index (χ0) is 10.4. The topological polar surface area (TPSA) is 29.9 Å². The van der Waals surface area contributed by atoms with Gasteiger partial charge in [-0.05, 0) is 26.8 Å². The Morgan fingerprint density at radius 3 is 2.86 bits per heavy atom. The van der Waals surface area contributed by atoms with E-state index in [2.05, 4.69) is 35.6 Å². The van der Waals surface area contributed by atoms with Crippen LogP contribution in [0.2, 0.25) is 0 Å². The molecule has 0 unspecified atom stereocenters. The number of nitrogens with one attached hydrogen (secondary N) is 1. The van der Waals surface area contributed by atoms with Crippen molar-refractivity contribution in [3.8, 4) is 0 Å². The first kappa shape index (κ1) is 11.2. The summed E-state index contributed by atoms with van der Waals surface area (Å²) in [6, 6.07) is 0.513. The van der Waals surface area contributed by atoms with Crippen LogP contribution in [0.15, 0.2) is 12.5 Å². The van der Waals surface area contributed by atoms with E-state index >= 15 is 0 Å². The summed E-state index contributed by atoms with van der Waals surface area (Å²) in [6.45, 7) is 8.71. The molecule has 0 saturated heterocycles. The molecule has 0 atom stereocenters. The molecule has 1 aromatic heterocycles. The maximum Gasteiger partial charge on any atom is 0.0950 e. The molecule has 3 heteroatoms. The van der Waals surface area contributed by atoms with Crippen LogP contribution in [0.3, 0.4) is 0 Å². The van der Waals surface area contributed by atoms with Crippen molar-refractivity contribution in [2.75, 3.05) is 13.1 Å². The molecule has 1 heterocycles. The van der Waals surface area contributed by atoms with Gasteiger partial charge in [0, 0.05) is 30.9 Å². The van der Waals surface area contributed by atoms with Crippen molar-refractivity contribution in [2.24, 2.45) is 0 Å². The third-order valence-corrected chi connectivity index (χ3v) is 2.29. The van der Waals surface area contributed by atoms with Gasteiger partial charge in [-0.1, -0.05) is 6.92 Å². The molecular weight excluding hydrogens is 174 g/mol. The Morgan fingerprint density at radius 1 is 1.43 bits per heavy atom. The predicted octanol–water partition coefficient (Wildman–Crippen LogP) is 2.01. The second-order valence-electron chi connectivity index (χ2n) is 3.89. The highest BCUT2D eigenvalue weighted by atomic mass is 15.1. The van der Waals surface area contributed by atoms with Gasteiger partial charge in [0.05, 0.1) is 6.33 Å². The first-order valence-electron chi connectivity index (χ1n) is 5.47. The number of nitrogens with zero attached hydrogens (tertiary/aromatic N) is 2. The zero-order valence-corrected chi connectivity index (χ0v) is 9.45. The van der Waals surface area contributed by atoms with Crippen molar-refractivity contribution in [3.63, 3.8) is 0 Å². The molecular formula is C11H21N3. The lowest BCUT2D eigenvalue weighted by Gasteiger charge is -2.11. The highest BCUT2D eigenvalue weighted by Gasteiger charge is 2.03. The van der Waals surface area contributed by atoms with Crippen LogP contribution in [0.25, 0.3) is 0 Å². The monoisotopic (exact) mass is 195 g/mol. The summed E-state index contributed by atoms with van der Waals surface area (Å²) in [7, 11) is 0. The summed E-state index contributed by atoms with van der Waals surface area (Å²) in [6.07, 6.45) is 6.15. The molecule has 0 spiro atoms. The second-order valence-corrected chi connectivity index (χ2v) is 3.89. The number of aromatic nitrogens is 2. The van der Waals surface area contributed by atoms with E-state index in [1.54, 1.807) is 0 Å². The lowest BCUT2D eigenvalue weighted by Crippen LogP contribution is -2.19. The maximum atomic E-state index is 4.18. The van der Waals surface area contributed by atoms with Gasteiger partial charge in [0.2, 0.25) is 0 Å². The highest BCUT2D eigenvalue weighted by Crippen LogP contribution is 2.08. The summed E-state index contributed by atoms with van der Waals surface area (Å²) in [5.41, 5.74) is 1.32. The summed E-state index contributed by atoms with van der Waals surface area (Å²) < 4.78 is 2.23. The third kappa shape index (κ3) is 3.14. The number of rotatable bonds is 6. The molecule has 0 fully saturated rings. The molecule has 0 amide bonds. The SMILES string of the molecule is CCCNCCc1cncn1C(C)C. The quantitative estimate of drug-likeness (QED) is 0.704. The Morgan fingerprint density at radius 2 is 2.21 bits per heavy atom. The van der Waals surface area contributed by atoms with E-state index in [9.17, 15) is 0 Å². The van der Waals surface area contributed by atoms with Crippen LogP contribution in [0.1, 0.15) is 38.9 Å². The van der Waals surface area contributed by atoms with Crippen LogP contribution in [-0.2, 0) is 6.42 Å². The van der Waals surface area contributed by atoms with E-state index < -0.39 is 0 Å². The average molecular weight is 195 g/mol. The molecule has 0 aliphatic heterocycles. The van der Waals surface area contributed by atoms with Crippen molar-refractivity contribution in [1.29, 1.82) is 0 Å². The van der Waals surface area contributed by atoms with Crippen LogP contribution in [-0.4, -0.2) is 22.6 Å². The van der Waals surface area contributed by atoms with Gasteiger partial charge in [0.15, 0.2) is 0 Å². The van der Waals surface area contributed by atoms with Gasteiger partial charge in [-0.3, -0.25) is 0 Å². The minimum absolute atomic E-state index is 0.513. The average Bonchev–Trinajstić information content (AvgIpc) is 2.60. The molecule has 80 valence electrons. The number of hydrogen-bond acceptors (Lipinski definition) is 2. The van der Waals surface area contributed by atoms with E-state index in [0.717, 1.165) is 19.5 Å². The van der Waals surface area contributed by atoms with Crippen molar-refractivity contribution < 1.29 is 0 Å². The van der Waals surface area contributed by atoms with Gasteiger partial charge in [-0.25, -0.2) is 4.98 Å².